The SMILES string of the molecule is CCNC(Cc1ncccc1C)CC1CCCC1. The fourth-order valence-corrected chi connectivity index (χ4v) is 3.14. The number of hydrogen-bond donors (Lipinski definition) is 1. The van der Waals surface area contributed by atoms with Gasteiger partial charge in [-0.1, -0.05) is 38.7 Å². The van der Waals surface area contributed by atoms with Crippen molar-refractivity contribution in [1.82, 2.24) is 10.3 Å². The van der Waals surface area contributed by atoms with Gasteiger partial charge in [0.1, 0.15) is 0 Å². The number of aryl methyl sites for hydroxylation is 1. The molecule has 1 aromatic heterocycles. The Bertz CT molecular complexity index is 356. The molecule has 1 unspecified atom stereocenters. The van der Waals surface area contributed by atoms with Crippen LogP contribution in [0.4, 0.5) is 0 Å². The first-order valence-electron chi connectivity index (χ1n) is 7.43. The Kier molecular flexibility index (Phi) is 5.18. The first-order chi connectivity index (χ1) is 8.79. The maximum atomic E-state index is 4.53. The summed E-state index contributed by atoms with van der Waals surface area (Å²) in [7, 11) is 0. The largest absolute Gasteiger partial charge is 0.314 e. The second-order valence-corrected chi connectivity index (χ2v) is 5.61. The monoisotopic (exact) mass is 246 g/mol. The van der Waals surface area contributed by atoms with Gasteiger partial charge >= 0.3 is 0 Å². The van der Waals surface area contributed by atoms with E-state index in [9.17, 15) is 0 Å². The van der Waals surface area contributed by atoms with Crippen LogP contribution >= 0.6 is 0 Å². The minimum Gasteiger partial charge on any atom is -0.314 e. The summed E-state index contributed by atoms with van der Waals surface area (Å²) in [5.74, 6) is 0.943. The lowest BCUT2D eigenvalue weighted by Crippen LogP contribution is -2.33. The number of nitrogens with one attached hydrogen (secondary N) is 1. The molecule has 0 radical (unpaired) electrons. The maximum absolute atomic E-state index is 4.53. The minimum atomic E-state index is 0.603. The van der Waals surface area contributed by atoms with Crippen LogP contribution in [0.2, 0.25) is 0 Å². The quantitative estimate of drug-likeness (QED) is 0.831. The molecule has 0 saturated heterocycles. The second kappa shape index (κ2) is 6.89. The van der Waals surface area contributed by atoms with Gasteiger partial charge in [0, 0.05) is 24.4 Å². The van der Waals surface area contributed by atoms with Gasteiger partial charge in [-0.05, 0) is 37.4 Å². The van der Waals surface area contributed by atoms with Crippen molar-refractivity contribution in [2.45, 2.75) is 58.4 Å². The third-order valence-electron chi connectivity index (χ3n) is 4.14. The predicted molar refractivity (Wildman–Crippen MR) is 76.7 cm³/mol. The lowest BCUT2D eigenvalue weighted by atomic mass is 9.94. The van der Waals surface area contributed by atoms with Crippen LogP contribution in [0.25, 0.3) is 0 Å². The number of pyridine rings is 1. The Morgan fingerprint density at radius 3 is 2.83 bits per heavy atom. The molecule has 18 heavy (non-hydrogen) atoms. The summed E-state index contributed by atoms with van der Waals surface area (Å²) in [4.78, 5) is 4.53. The molecule has 0 spiro atoms. The van der Waals surface area contributed by atoms with Crippen molar-refractivity contribution in [2.75, 3.05) is 6.54 Å². The number of nitrogens with zero attached hydrogens (tertiary/aromatic N) is 1. The Balaban J connectivity index is 1.94. The van der Waals surface area contributed by atoms with Gasteiger partial charge in [0.15, 0.2) is 0 Å². The number of likely N-dealkylation sites (N-methyl/N-ethyl adjacent to an activating group) is 1. The molecule has 1 aliphatic rings. The Labute approximate surface area is 111 Å². The van der Waals surface area contributed by atoms with E-state index in [0.717, 1.165) is 18.9 Å². The molecule has 0 aliphatic heterocycles. The minimum absolute atomic E-state index is 0.603. The first-order valence-corrected chi connectivity index (χ1v) is 7.43. The van der Waals surface area contributed by atoms with E-state index in [-0.39, 0.29) is 0 Å². The molecule has 0 aromatic carbocycles. The number of aromatic nitrogens is 1. The molecule has 2 nitrogen and oxygen atoms in total. The highest BCUT2D eigenvalue weighted by Gasteiger charge is 2.20. The van der Waals surface area contributed by atoms with Crippen molar-refractivity contribution < 1.29 is 0 Å². The summed E-state index contributed by atoms with van der Waals surface area (Å²) in [5, 5.41) is 3.65. The summed E-state index contributed by atoms with van der Waals surface area (Å²) in [6.07, 6.45) is 10.1. The molecule has 100 valence electrons. The summed E-state index contributed by atoms with van der Waals surface area (Å²) < 4.78 is 0. The molecule has 1 fully saturated rings. The molecular formula is C16H26N2. The fourth-order valence-electron chi connectivity index (χ4n) is 3.14. The molecule has 0 bridgehead atoms. The van der Waals surface area contributed by atoms with E-state index in [4.69, 9.17) is 0 Å². The Morgan fingerprint density at radius 1 is 1.39 bits per heavy atom. The van der Waals surface area contributed by atoms with Crippen molar-refractivity contribution in [3.8, 4) is 0 Å². The normalized spacial score (nSPS) is 18.1. The first kappa shape index (κ1) is 13.5. The lowest BCUT2D eigenvalue weighted by Gasteiger charge is -2.21. The van der Waals surface area contributed by atoms with Gasteiger partial charge < -0.3 is 5.32 Å². The van der Waals surface area contributed by atoms with Crippen LogP contribution in [0, 0.1) is 12.8 Å². The highest BCUT2D eigenvalue weighted by molar-refractivity contribution is 5.18. The highest BCUT2D eigenvalue weighted by atomic mass is 14.9. The van der Waals surface area contributed by atoms with Crippen molar-refractivity contribution in [1.29, 1.82) is 0 Å². The zero-order valence-corrected chi connectivity index (χ0v) is 11.8. The van der Waals surface area contributed by atoms with Gasteiger partial charge in [0.2, 0.25) is 0 Å². The van der Waals surface area contributed by atoms with Crippen LogP contribution in [-0.2, 0) is 6.42 Å². The third kappa shape index (κ3) is 3.81. The van der Waals surface area contributed by atoms with Crippen LogP contribution in [-0.4, -0.2) is 17.6 Å². The topological polar surface area (TPSA) is 24.9 Å². The van der Waals surface area contributed by atoms with Crippen LogP contribution < -0.4 is 5.32 Å². The van der Waals surface area contributed by atoms with E-state index in [1.807, 2.05) is 12.3 Å². The molecule has 1 N–H and O–H groups in total. The summed E-state index contributed by atoms with van der Waals surface area (Å²) >= 11 is 0. The van der Waals surface area contributed by atoms with Crippen molar-refractivity contribution in [3.63, 3.8) is 0 Å². The summed E-state index contributed by atoms with van der Waals surface area (Å²) in [6, 6.07) is 4.80. The van der Waals surface area contributed by atoms with Gasteiger partial charge in [-0.3, -0.25) is 4.98 Å². The van der Waals surface area contributed by atoms with E-state index in [1.165, 1.54) is 43.4 Å². The molecule has 0 amide bonds. The van der Waals surface area contributed by atoms with E-state index in [0.29, 0.717) is 6.04 Å². The average molecular weight is 246 g/mol. The lowest BCUT2D eigenvalue weighted by molar-refractivity contribution is 0.388. The third-order valence-corrected chi connectivity index (χ3v) is 4.14. The van der Waals surface area contributed by atoms with Crippen LogP contribution in [0.15, 0.2) is 18.3 Å². The average Bonchev–Trinajstić information content (AvgIpc) is 2.85. The molecule has 2 rings (SSSR count). The van der Waals surface area contributed by atoms with Crippen LogP contribution in [0.5, 0.6) is 0 Å². The standard InChI is InChI=1S/C16H26N2/c1-3-17-15(11-14-8-4-5-9-14)12-16-13(2)7-6-10-18-16/h6-7,10,14-15,17H,3-5,8-9,11-12H2,1-2H3. The molecule has 1 aliphatic carbocycles. The van der Waals surface area contributed by atoms with Crippen LogP contribution in [0.3, 0.4) is 0 Å². The summed E-state index contributed by atoms with van der Waals surface area (Å²) in [6.45, 7) is 5.43. The highest BCUT2D eigenvalue weighted by Crippen LogP contribution is 2.29. The molecular weight excluding hydrogens is 220 g/mol. The van der Waals surface area contributed by atoms with E-state index in [1.54, 1.807) is 0 Å². The predicted octanol–water partition coefficient (Wildman–Crippen LogP) is 3.49. The number of hydrogen-bond acceptors (Lipinski definition) is 2. The molecule has 1 heterocycles. The molecule has 2 heteroatoms. The van der Waals surface area contributed by atoms with Crippen molar-refractivity contribution >= 4 is 0 Å². The zero-order valence-electron chi connectivity index (χ0n) is 11.8. The summed E-state index contributed by atoms with van der Waals surface area (Å²) in [5.41, 5.74) is 2.59. The smallest absolute Gasteiger partial charge is 0.0448 e. The van der Waals surface area contributed by atoms with Crippen LogP contribution in [0.1, 0.15) is 50.3 Å². The maximum Gasteiger partial charge on any atom is 0.0448 e. The molecule has 1 atom stereocenters. The number of rotatable bonds is 6. The van der Waals surface area contributed by atoms with Gasteiger partial charge in [0.05, 0.1) is 0 Å². The van der Waals surface area contributed by atoms with Gasteiger partial charge in [0.25, 0.3) is 0 Å². The zero-order chi connectivity index (χ0) is 12.8. The van der Waals surface area contributed by atoms with E-state index >= 15 is 0 Å². The van der Waals surface area contributed by atoms with Gasteiger partial charge in [-0.25, -0.2) is 0 Å². The van der Waals surface area contributed by atoms with Crippen molar-refractivity contribution in [3.05, 3.63) is 29.6 Å². The molecule has 1 saturated carbocycles. The van der Waals surface area contributed by atoms with Gasteiger partial charge in [-0.15, -0.1) is 0 Å². The van der Waals surface area contributed by atoms with Gasteiger partial charge in [-0.2, -0.15) is 0 Å². The Morgan fingerprint density at radius 2 is 2.17 bits per heavy atom. The Hall–Kier alpha value is -0.890. The van der Waals surface area contributed by atoms with E-state index in [2.05, 4.69) is 30.2 Å². The fraction of sp³-hybridized carbons (Fsp3) is 0.688. The molecule has 1 aromatic rings. The van der Waals surface area contributed by atoms with E-state index < -0.39 is 0 Å². The second-order valence-electron chi connectivity index (χ2n) is 5.61. The van der Waals surface area contributed by atoms with Crippen molar-refractivity contribution in [2.24, 2.45) is 5.92 Å².